The van der Waals surface area contributed by atoms with Crippen LogP contribution in [0.5, 0.6) is 0 Å². The van der Waals surface area contributed by atoms with Crippen LogP contribution in [0, 0.1) is 10.1 Å². The van der Waals surface area contributed by atoms with Crippen molar-refractivity contribution in [1.29, 1.82) is 0 Å². The number of likely N-dealkylation sites (tertiary alicyclic amines) is 1. The molecule has 0 aliphatic carbocycles. The molecule has 36 heavy (non-hydrogen) atoms. The molecule has 1 N–H and O–H groups in total. The maximum absolute atomic E-state index is 12.7. The van der Waals surface area contributed by atoms with E-state index in [-0.39, 0.29) is 18.3 Å². The predicted octanol–water partition coefficient (Wildman–Crippen LogP) is 4.97. The number of nitro benzene ring substituents is 1. The van der Waals surface area contributed by atoms with Crippen molar-refractivity contribution in [2.75, 3.05) is 31.5 Å². The fraction of sp³-hybridized carbons (Fsp3) is 0.619. The van der Waals surface area contributed by atoms with Crippen molar-refractivity contribution >= 4 is 23.4 Å². The molecule has 0 saturated carbocycles. The first-order valence-electron chi connectivity index (χ1n) is 10.8. The van der Waals surface area contributed by atoms with Gasteiger partial charge in [-0.25, -0.2) is 4.79 Å². The van der Waals surface area contributed by atoms with Crippen LogP contribution in [0.1, 0.15) is 44.0 Å². The summed E-state index contributed by atoms with van der Waals surface area (Å²) in [7, 11) is 0. The van der Waals surface area contributed by atoms with Gasteiger partial charge in [0, 0.05) is 24.7 Å². The molecule has 0 aromatic heterocycles. The van der Waals surface area contributed by atoms with Crippen LogP contribution in [0.15, 0.2) is 18.2 Å². The number of anilines is 1. The second-order valence-electron chi connectivity index (χ2n) is 9.23. The zero-order valence-corrected chi connectivity index (χ0v) is 19.7. The molecule has 1 atom stereocenters. The lowest BCUT2D eigenvalue weighted by atomic mass is 10.1. The van der Waals surface area contributed by atoms with Crippen molar-refractivity contribution in [3.8, 4) is 0 Å². The number of hydrogen-bond acceptors (Lipinski definition) is 6. The number of amides is 2. The van der Waals surface area contributed by atoms with Gasteiger partial charge in [-0.05, 0) is 45.7 Å². The van der Waals surface area contributed by atoms with E-state index in [4.69, 9.17) is 4.74 Å². The summed E-state index contributed by atoms with van der Waals surface area (Å²) < 4.78 is 81.8. The van der Waals surface area contributed by atoms with Crippen LogP contribution >= 0.6 is 0 Å². The fourth-order valence-corrected chi connectivity index (χ4v) is 3.62. The van der Waals surface area contributed by atoms with Gasteiger partial charge in [-0.2, -0.15) is 26.3 Å². The predicted molar refractivity (Wildman–Crippen MR) is 116 cm³/mol. The number of nitrogens with zero attached hydrogens (tertiary/aromatic N) is 3. The molecule has 15 heteroatoms. The maximum Gasteiger partial charge on any atom is 0.410 e. The lowest BCUT2D eigenvalue weighted by Crippen LogP contribution is -2.44. The average molecular weight is 528 g/mol. The van der Waals surface area contributed by atoms with Gasteiger partial charge >= 0.3 is 18.4 Å². The molecule has 2 amide bonds. The van der Waals surface area contributed by atoms with E-state index in [9.17, 15) is 46.0 Å². The van der Waals surface area contributed by atoms with Crippen molar-refractivity contribution in [3.63, 3.8) is 0 Å². The normalized spacial score (nSPS) is 16.6. The van der Waals surface area contributed by atoms with E-state index >= 15 is 0 Å². The third-order valence-electron chi connectivity index (χ3n) is 5.00. The number of ether oxygens (including phenoxy) is 1. The SMILES string of the molecule is CC(C)(C)OC(=O)N1CCC[C@@H]1CNc1ccc(C(=O)N(CC(F)(F)F)CC(F)(F)F)cc1[N+](=O)[O-]. The Kier molecular flexibility index (Phi) is 8.68. The minimum Gasteiger partial charge on any atom is -0.444 e. The fourth-order valence-electron chi connectivity index (χ4n) is 3.62. The van der Waals surface area contributed by atoms with Crippen LogP contribution < -0.4 is 5.32 Å². The summed E-state index contributed by atoms with van der Waals surface area (Å²) in [6.45, 7) is 1.20. The number of rotatable bonds is 7. The zero-order chi connectivity index (χ0) is 27.5. The van der Waals surface area contributed by atoms with Crippen LogP contribution in [-0.4, -0.2) is 76.9 Å². The van der Waals surface area contributed by atoms with Gasteiger partial charge in [-0.1, -0.05) is 0 Å². The molecule has 0 bridgehead atoms. The molecule has 0 spiro atoms. The first kappa shape index (κ1) is 29.0. The number of hydrogen-bond donors (Lipinski definition) is 1. The molecule has 1 aromatic rings. The van der Waals surface area contributed by atoms with E-state index in [2.05, 4.69) is 5.32 Å². The van der Waals surface area contributed by atoms with Gasteiger partial charge in [-0.15, -0.1) is 0 Å². The van der Waals surface area contributed by atoms with E-state index in [1.807, 2.05) is 0 Å². The molecule has 1 fully saturated rings. The molecule has 202 valence electrons. The highest BCUT2D eigenvalue weighted by Gasteiger charge is 2.40. The first-order valence-corrected chi connectivity index (χ1v) is 10.8. The molecule has 2 rings (SSSR count). The average Bonchev–Trinajstić information content (AvgIpc) is 3.16. The van der Waals surface area contributed by atoms with Crippen LogP contribution in [0.4, 0.5) is 42.5 Å². The lowest BCUT2D eigenvalue weighted by Gasteiger charge is -2.29. The minimum absolute atomic E-state index is 0.0572. The molecule has 1 aliphatic rings. The number of carbonyl (C=O) groups is 2. The van der Waals surface area contributed by atoms with E-state index in [1.54, 1.807) is 20.8 Å². The Hall–Kier alpha value is -3.26. The Balaban J connectivity index is 2.22. The molecule has 0 unspecified atom stereocenters. The second-order valence-corrected chi connectivity index (χ2v) is 9.23. The Morgan fingerprint density at radius 2 is 1.72 bits per heavy atom. The number of alkyl halides is 6. The highest BCUT2D eigenvalue weighted by molar-refractivity contribution is 5.95. The van der Waals surface area contributed by atoms with Crippen molar-refractivity contribution < 1.29 is 45.6 Å². The molecule has 0 radical (unpaired) electrons. The summed E-state index contributed by atoms with van der Waals surface area (Å²) in [5.41, 5.74) is -2.28. The van der Waals surface area contributed by atoms with E-state index < -0.39 is 64.1 Å². The van der Waals surface area contributed by atoms with Gasteiger partial charge in [0.15, 0.2) is 0 Å². The van der Waals surface area contributed by atoms with Crippen molar-refractivity contribution in [2.24, 2.45) is 0 Å². The van der Waals surface area contributed by atoms with Crippen LogP contribution in [0.3, 0.4) is 0 Å². The van der Waals surface area contributed by atoms with Crippen LogP contribution in [0.25, 0.3) is 0 Å². The summed E-state index contributed by atoms with van der Waals surface area (Å²) in [5.74, 6) is -1.66. The summed E-state index contributed by atoms with van der Waals surface area (Å²) in [6, 6.07) is 2.16. The molecule has 1 saturated heterocycles. The van der Waals surface area contributed by atoms with E-state index in [1.165, 1.54) is 4.90 Å². The number of nitrogens with one attached hydrogen (secondary N) is 1. The molecule has 1 aliphatic heterocycles. The number of carbonyl (C=O) groups excluding carboxylic acids is 2. The topological polar surface area (TPSA) is 105 Å². The Morgan fingerprint density at radius 3 is 2.22 bits per heavy atom. The van der Waals surface area contributed by atoms with Crippen molar-refractivity contribution in [2.45, 2.75) is 57.6 Å². The quantitative estimate of drug-likeness (QED) is 0.304. The first-order chi connectivity index (χ1) is 16.4. The van der Waals surface area contributed by atoms with Crippen molar-refractivity contribution in [3.05, 3.63) is 33.9 Å². The van der Waals surface area contributed by atoms with Crippen LogP contribution in [-0.2, 0) is 4.74 Å². The standard InChI is InChI=1S/C21H26F6N4O5/c1-19(2,3)36-18(33)30-8-4-5-14(30)10-28-15-7-6-13(9-16(15)31(34)35)17(32)29(11-20(22,23)24)12-21(25,26)27/h6-7,9,14,28H,4-5,8,10-12H2,1-3H3/t14-/m1/s1. The zero-order valence-electron chi connectivity index (χ0n) is 19.7. The summed E-state index contributed by atoms with van der Waals surface area (Å²) >= 11 is 0. The monoisotopic (exact) mass is 528 g/mol. The highest BCUT2D eigenvalue weighted by atomic mass is 19.4. The van der Waals surface area contributed by atoms with E-state index in [0.717, 1.165) is 12.1 Å². The van der Waals surface area contributed by atoms with Crippen LogP contribution in [0.2, 0.25) is 0 Å². The minimum atomic E-state index is -5.12. The van der Waals surface area contributed by atoms with Gasteiger partial charge in [0.1, 0.15) is 24.4 Å². The lowest BCUT2D eigenvalue weighted by molar-refractivity contribution is -0.384. The third kappa shape index (κ3) is 8.75. The van der Waals surface area contributed by atoms with E-state index in [0.29, 0.717) is 25.5 Å². The number of benzene rings is 1. The Bertz CT molecular complexity index is 961. The Morgan fingerprint density at radius 1 is 1.14 bits per heavy atom. The smallest absolute Gasteiger partial charge is 0.410 e. The van der Waals surface area contributed by atoms with Gasteiger partial charge in [0.05, 0.1) is 11.0 Å². The third-order valence-corrected chi connectivity index (χ3v) is 5.00. The second kappa shape index (κ2) is 10.8. The molecular weight excluding hydrogens is 502 g/mol. The number of halogens is 6. The van der Waals surface area contributed by atoms with Crippen molar-refractivity contribution in [1.82, 2.24) is 9.80 Å². The summed E-state index contributed by atoms with van der Waals surface area (Å²) in [6.07, 6.45) is -9.56. The molecule has 1 heterocycles. The molecular formula is C21H26F6N4O5. The van der Waals surface area contributed by atoms with Gasteiger partial charge < -0.3 is 19.9 Å². The summed E-state index contributed by atoms with van der Waals surface area (Å²) in [4.78, 5) is 36.4. The highest BCUT2D eigenvalue weighted by Crippen LogP contribution is 2.29. The largest absolute Gasteiger partial charge is 0.444 e. The van der Waals surface area contributed by atoms with Gasteiger partial charge in [-0.3, -0.25) is 14.9 Å². The molecule has 1 aromatic carbocycles. The Labute approximate surface area is 202 Å². The van der Waals surface area contributed by atoms with Gasteiger partial charge in [0.25, 0.3) is 11.6 Å². The summed E-state index contributed by atoms with van der Waals surface area (Å²) in [5, 5.41) is 14.3. The maximum atomic E-state index is 12.7. The number of nitro groups is 1. The van der Waals surface area contributed by atoms with Gasteiger partial charge in [0.2, 0.25) is 0 Å². The molecule has 9 nitrogen and oxygen atoms in total.